The number of rotatable bonds is 4. The number of amides is 1. The lowest BCUT2D eigenvalue weighted by molar-refractivity contribution is -0.137. The molecule has 0 spiro atoms. The van der Waals surface area contributed by atoms with Crippen LogP contribution < -0.4 is 11.1 Å². The van der Waals surface area contributed by atoms with Gasteiger partial charge in [0.2, 0.25) is 5.91 Å². The highest BCUT2D eigenvalue weighted by Crippen LogP contribution is 2.32. The molecular weight excluding hydrogens is 257 g/mol. The Hall–Kier alpha value is -1.72. The van der Waals surface area contributed by atoms with Gasteiger partial charge in [0.25, 0.3) is 0 Å². The van der Waals surface area contributed by atoms with Gasteiger partial charge in [-0.2, -0.15) is 13.2 Å². The van der Waals surface area contributed by atoms with Crippen LogP contribution >= 0.6 is 0 Å². The van der Waals surface area contributed by atoms with E-state index < -0.39 is 11.7 Å². The maximum absolute atomic E-state index is 12.4. The van der Waals surface area contributed by atoms with Crippen molar-refractivity contribution < 1.29 is 18.0 Å². The van der Waals surface area contributed by atoms with E-state index in [2.05, 4.69) is 5.32 Å². The van der Waals surface area contributed by atoms with Gasteiger partial charge in [0.05, 0.1) is 16.9 Å². The molecule has 0 radical (unpaired) electrons. The van der Waals surface area contributed by atoms with E-state index in [1.54, 1.807) is 6.92 Å². The summed E-state index contributed by atoms with van der Waals surface area (Å²) in [6.45, 7) is 3.72. The number of carbonyl (C=O) groups is 1. The van der Waals surface area contributed by atoms with Crippen LogP contribution in [0, 0.1) is 5.92 Å². The number of hydrogen-bond acceptors (Lipinski definition) is 2. The lowest BCUT2D eigenvalue weighted by atomic mass is 10.1. The van der Waals surface area contributed by atoms with Crippen LogP contribution in [-0.4, -0.2) is 5.91 Å². The van der Waals surface area contributed by atoms with Crippen molar-refractivity contribution in [1.29, 1.82) is 0 Å². The molecule has 0 aliphatic rings. The number of benzene rings is 1. The minimum Gasteiger partial charge on any atom is -0.397 e. The minimum absolute atomic E-state index is 0.0909. The van der Waals surface area contributed by atoms with Crippen molar-refractivity contribution in [1.82, 2.24) is 0 Å². The second kappa shape index (κ2) is 5.95. The zero-order chi connectivity index (χ0) is 14.6. The molecule has 1 rings (SSSR count). The standard InChI is InChI=1S/C13H17F3N2O/c1-3-4-8(2)12(19)18-11-6-5-9(7-10(11)17)13(14,15)16/h5-8H,3-4,17H2,1-2H3,(H,18,19). The summed E-state index contributed by atoms with van der Waals surface area (Å²) in [5.74, 6) is -0.444. The Morgan fingerprint density at radius 3 is 2.53 bits per heavy atom. The van der Waals surface area contributed by atoms with Gasteiger partial charge in [-0.15, -0.1) is 0 Å². The molecule has 0 heterocycles. The normalized spacial score (nSPS) is 13.1. The fourth-order valence-corrected chi connectivity index (χ4v) is 1.67. The first kappa shape index (κ1) is 15.3. The minimum atomic E-state index is -4.44. The van der Waals surface area contributed by atoms with Crippen LogP contribution in [0.3, 0.4) is 0 Å². The Bertz CT molecular complexity index is 458. The molecule has 0 saturated heterocycles. The van der Waals surface area contributed by atoms with Crippen molar-refractivity contribution in [3.8, 4) is 0 Å². The van der Waals surface area contributed by atoms with E-state index in [1.165, 1.54) is 6.07 Å². The molecule has 1 aromatic rings. The predicted octanol–water partition coefficient (Wildman–Crippen LogP) is 3.66. The van der Waals surface area contributed by atoms with Gasteiger partial charge in [-0.05, 0) is 24.6 Å². The number of carbonyl (C=O) groups excluding carboxylic acids is 1. The van der Waals surface area contributed by atoms with Crippen molar-refractivity contribution >= 4 is 17.3 Å². The molecule has 3 N–H and O–H groups in total. The first-order chi connectivity index (χ1) is 8.75. The molecule has 1 amide bonds. The molecule has 1 aromatic carbocycles. The van der Waals surface area contributed by atoms with Crippen molar-refractivity contribution in [2.24, 2.45) is 5.92 Å². The highest BCUT2D eigenvalue weighted by Gasteiger charge is 2.30. The third-order valence-electron chi connectivity index (χ3n) is 2.81. The van der Waals surface area contributed by atoms with Crippen LogP contribution in [0.25, 0.3) is 0 Å². The van der Waals surface area contributed by atoms with Crippen LogP contribution in [0.5, 0.6) is 0 Å². The summed E-state index contributed by atoms with van der Waals surface area (Å²) < 4.78 is 37.3. The van der Waals surface area contributed by atoms with E-state index in [1.807, 2.05) is 6.92 Å². The van der Waals surface area contributed by atoms with Crippen LogP contribution in [0.1, 0.15) is 32.3 Å². The quantitative estimate of drug-likeness (QED) is 0.823. The van der Waals surface area contributed by atoms with E-state index in [0.717, 1.165) is 18.6 Å². The third-order valence-corrected chi connectivity index (χ3v) is 2.81. The van der Waals surface area contributed by atoms with Crippen molar-refractivity contribution in [3.05, 3.63) is 23.8 Å². The number of anilines is 2. The number of nitrogen functional groups attached to an aromatic ring is 1. The van der Waals surface area contributed by atoms with Gasteiger partial charge in [0, 0.05) is 5.92 Å². The lowest BCUT2D eigenvalue weighted by Gasteiger charge is -2.14. The first-order valence-corrected chi connectivity index (χ1v) is 6.03. The van der Waals surface area contributed by atoms with E-state index in [9.17, 15) is 18.0 Å². The Labute approximate surface area is 110 Å². The summed E-state index contributed by atoms with van der Waals surface area (Å²) in [4.78, 5) is 11.7. The SMILES string of the molecule is CCCC(C)C(=O)Nc1ccc(C(F)(F)F)cc1N. The Morgan fingerprint density at radius 1 is 1.42 bits per heavy atom. The molecule has 19 heavy (non-hydrogen) atoms. The molecule has 106 valence electrons. The maximum atomic E-state index is 12.4. The fraction of sp³-hybridized carbons (Fsp3) is 0.462. The molecule has 0 aliphatic heterocycles. The molecule has 1 unspecified atom stereocenters. The van der Waals surface area contributed by atoms with Gasteiger partial charge < -0.3 is 11.1 Å². The van der Waals surface area contributed by atoms with Crippen LogP contribution in [0.2, 0.25) is 0 Å². The number of nitrogens with two attached hydrogens (primary N) is 1. The van der Waals surface area contributed by atoms with E-state index in [-0.39, 0.29) is 23.2 Å². The van der Waals surface area contributed by atoms with E-state index >= 15 is 0 Å². The highest BCUT2D eigenvalue weighted by molar-refractivity contribution is 5.95. The summed E-state index contributed by atoms with van der Waals surface area (Å²) in [5.41, 5.74) is 4.82. The van der Waals surface area contributed by atoms with Gasteiger partial charge >= 0.3 is 6.18 Å². The average molecular weight is 274 g/mol. The Balaban J connectivity index is 2.84. The zero-order valence-electron chi connectivity index (χ0n) is 10.8. The molecule has 0 aliphatic carbocycles. The van der Waals surface area contributed by atoms with Crippen molar-refractivity contribution in [3.63, 3.8) is 0 Å². The molecule has 0 bridgehead atoms. The number of halogens is 3. The highest BCUT2D eigenvalue weighted by atomic mass is 19.4. The van der Waals surface area contributed by atoms with Crippen molar-refractivity contribution in [2.75, 3.05) is 11.1 Å². The van der Waals surface area contributed by atoms with Crippen molar-refractivity contribution in [2.45, 2.75) is 32.9 Å². The van der Waals surface area contributed by atoms with Gasteiger partial charge in [-0.25, -0.2) is 0 Å². The molecule has 1 atom stereocenters. The second-order valence-electron chi connectivity index (χ2n) is 4.48. The van der Waals surface area contributed by atoms with E-state index in [0.29, 0.717) is 6.42 Å². The Morgan fingerprint density at radius 2 is 2.05 bits per heavy atom. The summed E-state index contributed by atoms with van der Waals surface area (Å²) >= 11 is 0. The fourth-order valence-electron chi connectivity index (χ4n) is 1.67. The number of hydrogen-bond donors (Lipinski definition) is 2. The third kappa shape index (κ3) is 4.15. The van der Waals surface area contributed by atoms with Gasteiger partial charge in [-0.3, -0.25) is 4.79 Å². The van der Waals surface area contributed by atoms with Gasteiger partial charge in [-0.1, -0.05) is 20.3 Å². The lowest BCUT2D eigenvalue weighted by Crippen LogP contribution is -2.21. The second-order valence-corrected chi connectivity index (χ2v) is 4.48. The maximum Gasteiger partial charge on any atom is 0.416 e. The van der Waals surface area contributed by atoms with Crippen LogP contribution in [-0.2, 0) is 11.0 Å². The summed E-state index contributed by atoms with van der Waals surface area (Å²) in [6.07, 6.45) is -2.87. The topological polar surface area (TPSA) is 55.1 Å². The van der Waals surface area contributed by atoms with E-state index in [4.69, 9.17) is 5.73 Å². The van der Waals surface area contributed by atoms with Crippen LogP contribution in [0.4, 0.5) is 24.5 Å². The molecule has 0 aromatic heterocycles. The molecule has 0 fully saturated rings. The Kier molecular flexibility index (Phi) is 4.80. The predicted molar refractivity (Wildman–Crippen MR) is 68.6 cm³/mol. The number of alkyl halides is 3. The molecule has 6 heteroatoms. The number of nitrogens with one attached hydrogen (secondary N) is 1. The largest absolute Gasteiger partial charge is 0.416 e. The summed E-state index contributed by atoms with van der Waals surface area (Å²) in [6, 6.07) is 2.89. The molecule has 0 saturated carbocycles. The monoisotopic (exact) mass is 274 g/mol. The molecule has 3 nitrogen and oxygen atoms in total. The van der Waals surface area contributed by atoms with Gasteiger partial charge in [0.15, 0.2) is 0 Å². The average Bonchev–Trinajstić information content (AvgIpc) is 2.30. The zero-order valence-corrected chi connectivity index (χ0v) is 10.8. The van der Waals surface area contributed by atoms with Gasteiger partial charge in [0.1, 0.15) is 0 Å². The molecular formula is C13H17F3N2O. The first-order valence-electron chi connectivity index (χ1n) is 6.03. The smallest absolute Gasteiger partial charge is 0.397 e. The van der Waals surface area contributed by atoms with Crippen LogP contribution in [0.15, 0.2) is 18.2 Å². The summed E-state index contributed by atoms with van der Waals surface area (Å²) in [5, 5.41) is 2.54. The summed E-state index contributed by atoms with van der Waals surface area (Å²) in [7, 11) is 0.